The predicted molar refractivity (Wildman–Crippen MR) is 75.5 cm³/mol. The van der Waals surface area contributed by atoms with Crippen molar-refractivity contribution in [1.82, 2.24) is 15.1 Å². The highest BCUT2D eigenvalue weighted by molar-refractivity contribution is 5.07. The number of nitrogens with one attached hydrogen (secondary N) is 1. The molecule has 1 aliphatic carbocycles. The fourth-order valence-electron chi connectivity index (χ4n) is 3.18. The summed E-state index contributed by atoms with van der Waals surface area (Å²) in [5.74, 6) is 0.904. The van der Waals surface area contributed by atoms with Crippen molar-refractivity contribution in [1.29, 1.82) is 0 Å². The third-order valence-electron chi connectivity index (χ3n) is 4.18. The first-order valence-corrected chi connectivity index (χ1v) is 7.54. The molecule has 1 aliphatic rings. The lowest BCUT2D eigenvalue weighted by molar-refractivity contribution is 0.299. The van der Waals surface area contributed by atoms with Gasteiger partial charge in [-0.15, -0.1) is 0 Å². The third-order valence-corrected chi connectivity index (χ3v) is 4.18. The molecule has 3 heteroatoms. The van der Waals surface area contributed by atoms with Gasteiger partial charge in [0.25, 0.3) is 0 Å². The summed E-state index contributed by atoms with van der Waals surface area (Å²) >= 11 is 0. The third kappa shape index (κ3) is 3.35. The molecule has 0 spiro atoms. The summed E-state index contributed by atoms with van der Waals surface area (Å²) in [4.78, 5) is 0. The Hall–Kier alpha value is -0.830. The first-order valence-electron chi connectivity index (χ1n) is 7.54. The highest BCUT2D eigenvalue weighted by Crippen LogP contribution is 2.31. The molecule has 1 aromatic rings. The normalized spacial score (nSPS) is 19.0. The molecule has 18 heavy (non-hydrogen) atoms. The SMILES string of the molecule is CCCn1nccc1C(CC1CCCCC1)NC. The minimum absolute atomic E-state index is 0.474. The molecule has 0 saturated heterocycles. The molecule has 102 valence electrons. The molecular weight excluding hydrogens is 222 g/mol. The number of rotatable bonds is 6. The van der Waals surface area contributed by atoms with Crippen LogP contribution in [0.1, 0.15) is 63.6 Å². The van der Waals surface area contributed by atoms with E-state index in [9.17, 15) is 0 Å². The van der Waals surface area contributed by atoms with Crippen molar-refractivity contribution in [3.63, 3.8) is 0 Å². The van der Waals surface area contributed by atoms with E-state index in [4.69, 9.17) is 0 Å². The average molecular weight is 249 g/mol. The van der Waals surface area contributed by atoms with Crippen LogP contribution in [0.25, 0.3) is 0 Å². The van der Waals surface area contributed by atoms with Gasteiger partial charge in [-0.3, -0.25) is 4.68 Å². The van der Waals surface area contributed by atoms with E-state index in [0.717, 1.165) is 18.9 Å². The first-order chi connectivity index (χ1) is 8.85. The van der Waals surface area contributed by atoms with Gasteiger partial charge in [0, 0.05) is 18.8 Å². The molecule has 0 amide bonds. The van der Waals surface area contributed by atoms with Gasteiger partial charge in [0.15, 0.2) is 0 Å². The van der Waals surface area contributed by atoms with Crippen molar-refractivity contribution in [3.8, 4) is 0 Å². The lowest BCUT2D eigenvalue weighted by Gasteiger charge is -2.26. The summed E-state index contributed by atoms with van der Waals surface area (Å²) in [5.41, 5.74) is 1.37. The zero-order valence-electron chi connectivity index (χ0n) is 11.9. The summed E-state index contributed by atoms with van der Waals surface area (Å²) in [6.45, 7) is 3.24. The monoisotopic (exact) mass is 249 g/mol. The topological polar surface area (TPSA) is 29.9 Å². The van der Waals surface area contributed by atoms with Crippen LogP contribution in [0, 0.1) is 5.92 Å². The van der Waals surface area contributed by atoms with Crippen molar-refractivity contribution in [3.05, 3.63) is 18.0 Å². The Morgan fingerprint density at radius 2 is 2.17 bits per heavy atom. The quantitative estimate of drug-likeness (QED) is 0.836. The van der Waals surface area contributed by atoms with Gasteiger partial charge in [-0.25, -0.2) is 0 Å². The van der Waals surface area contributed by atoms with Gasteiger partial charge < -0.3 is 5.32 Å². The Morgan fingerprint density at radius 3 is 2.83 bits per heavy atom. The molecule has 1 N–H and O–H groups in total. The minimum atomic E-state index is 0.474. The van der Waals surface area contributed by atoms with Crippen LogP contribution in [0.2, 0.25) is 0 Å². The molecular formula is C15H27N3. The molecule has 0 aromatic carbocycles. The smallest absolute Gasteiger partial charge is 0.0553 e. The molecule has 1 aromatic heterocycles. The second-order valence-corrected chi connectivity index (χ2v) is 5.56. The number of aryl methyl sites for hydroxylation is 1. The van der Waals surface area contributed by atoms with E-state index in [1.54, 1.807) is 0 Å². The minimum Gasteiger partial charge on any atom is -0.312 e. The Balaban J connectivity index is 2.00. The van der Waals surface area contributed by atoms with Crippen LogP contribution < -0.4 is 5.32 Å². The van der Waals surface area contributed by atoms with Crippen molar-refractivity contribution in [2.45, 2.75) is 64.5 Å². The molecule has 3 nitrogen and oxygen atoms in total. The van der Waals surface area contributed by atoms with Gasteiger partial charge >= 0.3 is 0 Å². The molecule has 1 saturated carbocycles. The van der Waals surface area contributed by atoms with Crippen LogP contribution in [0.4, 0.5) is 0 Å². The number of hydrogen-bond acceptors (Lipinski definition) is 2. The molecule has 1 unspecified atom stereocenters. The van der Waals surface area contributed by atoms with Crippen LogP contribution in [0.3, 0.4) is 0 Å². The Kier molecular flexibility index (Phi) is 5.24. The van der Waals surface area contributed by atoms with E-state index < -0.39 is 0 Å². The van der Waals surface area contributed by atoms with Gasteiger partial charge in [0.2, 0.25) is 0 Å². The van der Waals surface area contributed by atoms with Crippen LogP contribution in [-0.2, 0) is 6.54 Å². The highest BCUT2D eigenvalue weighted by atomic mass is 15.3. The summed E-state index contributed by atoms with van der Waals surface area (Å²) in [6, 6.07) is 2.65. The zero-order chi connectivity index (χ0) is 12.8. The van der Waals surface area contributed by atoms with E-state index in [-0.39, 0.29) is 0 Å². The van der Waals surface area contributed by atoms with Crippen molar-refractivity contribution >= 4 is 0 Å². The second kappa shape index (κ2) is 6.93. The summed E-state index contributed by atoms with van der Waals surface area (Å²) in [5, 5.41) is 7.93. The maximum Gasteiger partial charge on any atom is 0.0553 e. The summed E-state index contributed by atoms with van der Waals surface area (Å²) in [7, 11) is 2.08. The lowest BCUT2D eigenvalue weighted by Crippen LogP contribution is -2.24. The lowest BCUT2D eigenvalue weighted by atomic mass is 9.84. The van der Waals surface area contributed by atoms with Crippen LogP contribution >= 0.6 is 0 Å². The highest BCUT2D eigenvalue weighted by Gasteiger charge is 2.21. The Bertz CT molecular complexity index is 339. The van der Waals surface area contributed by atoms with Gasteiger partial charge in [0.1, 0.15) is 0 Å². The van der Waals surface area contributed by atoms with E-state index in [1.165, 1.54) is 44.2 Å². The van der Waals surface area contributed by atoms with E-state index in [1.807, 2.05) is 6.20 Å². The summed E-state index contributed by atoms with van der Waals surface area (Å²) in [6.07, 6.45) is 11.5. The number of hydrogen-bond donors (Lipinski definition) is 1. The van der Waals surface area contributed by atoms with Gasteiger partial charge in [0.05, 0.1) is 5.69 Å². The van der Waals surface area contributed by atoms with Crippen LogP contribution in [0.5, 0.6) is 0 Å². The number of aromatic nitrogens is 2. The fourth-order valence-corrected chi connectivity index (χ4v) is 3.18. The Labute approximate surface area is 111 Å². The van der Waals surface area contributed by atoms with Crippen LogP contribution in [0.15, 0.2) is 12.3 Å². The standard InChI is InChI=1S/C15H27N3/c1-3-11-18-15(9-10-17-18)14(16-2)12-13-7-5-4-6-8-13/h9-10,13-14,16H,3-8,11-12H2,1-2H3. The van der Waals surface area contributed by atoms with Gasteiger partial charge in [-0.2, -0.15) is 5.10 Å². The van der Waals surface area contributed by atoms with Crippen molar-refractivity contribution in [2.75, 3.05) is 7.05 Å². The van der Waals surface area contributed by atoms with Crippen molar-refractivity contribution < 1.29 is 0 Å². The maximum atomic E-state index is 4.44. The van der Waals surface area contributed by atoms with Gasteiger partial charge in [-0.1, -0.05) is 39.0 Å². The largest absolute Gasteiger partial charge is 0.312 e. The van der Waals surface area contributed by atoms with E-state index in [0.29, 0.717) is 6.04 Å². The molecule has 0 aliphatic heterocycles. The van der Waals surface area contributed by atoms with Crippen LogP contribution in [-0.4, -0.2) is 16.8 Å². The molecule has 0 bridgehead atoms. The maximum absolute atomic E-state index is 4.44. The second-order valence-electron chi connectivity index (χ2n) is 5.56. The Morgan fingerprint density at radius 1 is 1.39 bits per heavy atom. The first kappa shape index (κ1) is 13.6. The molecule has 1 fully saturated rings. The number of nitrogens with zero attached hydrogens (tertiary/aromatic N) is 2. The van der Waals surface area contributed by atoms with E-state index >= 15 is 0 Å². The predicted octanol–water partition coefficient (Wildman–Crippen LogP) is 3.52. The fraction of sp³-hybridized carbons (Fsp3) is 0.800. The van der Waals surface area contributed by atoms with E-state index in [2.05, 4.69) is 35.1 Å². The van der Waals surface area contributed by atoms with Gasteiger partial charge in [-0.05, 0) is 31.9 Å². The average Bonchev–Trinajstić information content (AvgIpc) is 2.86. The molecule has 2 rings (SSSR count). The molecule has 1 heterocycles. The molecule has 1 atom stereocenters. The van der Waals surface area contributed by atoms with Crippen molar-refractivity contribution in [2.24, 2.45) is 5.92 Å². The summed E-state index contributed by atoms with van der Waals surface area (Å²) < 4.78 is 2.17. The zero-order valence-corrected chi connectivity index (χ0v) is 11.9. The molecule has 0 radical (unpaired) electrons.